The Hall–Kier alpha value is -1.24. The van der Waals surface area contributed by atoms with Gasteiger partial charge in [0.25, 0.3) is 0 Å². The van der Waals surface area contributed by atoms with Crippen molar-refractivity contribution in [1.82, 2.24) is 10.0 Å². The Labute approximate surface area is 174 Å². The van der Waals surface area contributed by atoms with Crippen LogP contribution in [0.2, 0.25) is 5.02 Å². The van der Waals surface area contributed by atoms with Crippen molar-refractivity contribution >= 4 is 22.9 Å². The summed E-state index contributed by atoms with van der Waals surface area (Å²) < 4.78 is 25.2. The van der Waals surface area contributed by atoms with Crippen LogP contribution in [0.4, 0.5) is 0 Å². The maximum atomic E-state index is 11.2. The molecule has 4 rings (SSSR count). The summed E-state index contributed by atoms with van der Waals surface area (Å²) in [5, 5.41) is 4.26. The van der Waals surface area contributed by atoms with Gasteiger partial charge in [-0.15, -0.1) is 0 Å². The summed E-state index contributed by atoms with van der Waals surface area (Å²) in [5.74, 6) is 0.386. The molecule has 150 valence electrons. The average molecular weight is 418 g/mol. The molecule has 2 aliphatic rings. The van der Waals surface area contributed by atoms with Crippen LogP contribution in [0.1, 0.15) is 47.4 Å². The Morgan fingerprint density at radius 2 is 2.04 bits per heavy atom. The van der Waals surface area contributed by atoms with Gasteiger partial charge in [0.2, 0.25) is 0 Å². The lowest BCUT2D eigenvalue weighted by Crippen LogP contribution is -2.53. The zero-order valence-electron chi connectivity index (χ0n) is 16.0. The van der Waals surface area contributed by atoms with Crippen LogP contribution in [0, 0.1) is 0 Å². The summed E-state index contributed by atoms with van der Waals surface area (Å²) in [6.45, 7) is 0. The van der Waals surface area contributed by atoms with Gasteiger partial charge in [0.1, 0.15) is 0 Å². The molecule has 0 aromatic heterocycles. The minimum Gasteiger partial charge on any atom is -0.760 e. The van der Waals surface area contributed by atoms with Crippen molar-refractivity contribution in [3.05, 3.63) is 69.7 Å². The molecule has 28 heavy (non-hydrogen) atoms. The van der Waals surface area contributed by atoms with Gasteiger partial charge in [-0.1, -0.05) is 41.9 Å². The standard InChI is InChI=1S/C22H27ClN2O2S/c1-24-21-13-17-7-6-16(14-22(8-3-9-22)25-28(26)27)12-19(17)20(21)11-15-4-2-5-18(23)10-15/h2,4-7,10,12,20-21,24-25H,3,8-9,11,13-14H2,1H3,(H,26,27)/p-1. The fourth-order valence-corrected chi connectivity index (χ4v) is 5.68. The molecule has 0 aliphatic heterocycles. The Morgan fingerprint density at radius 3 is 2.68 bits per heavy atom. The molecule has 2 aliphatic carbocycles. The second kappa shape index (κ2) is 8.25. The quantitative estimate of drug-likeness (QED) is 0.675. The molecule has 1 saturated carbocycles. The van der Waals surface area contributed by atoms with Crippen molar-refractivity contribution in [1.29, 1.82) is 0 Å². The summed E-state index contributed by atoms with van der Waals surface area (Å²) in [6.07, 6.45) is 5.60. The fourth-order valence-electron chi connectivity index (χ4n) is 4.84. The second-order valence-electron chi connectivity index (χ2n) is 8.22. The highest BCUT2D eigenvalue weighted by Gasteiger charge is 2.38. The first-order valence-electron chi connectivity index (χ1n) is 9.88. The lowest BCUT2D eigenvalue weighted by atomic mass is 9.73. The zero-order chi connectivity index (χ0) is 19.7. The molecule has 2 aromatic rings. The topological polar surface area (TPSA) is 64.2 Å². The minimum atomic E-state index is -2.22. The predicted octanol–water partition coefficient (Wildman–Crippen LogP) is 3.66. The molecule has 3 atom stereocenters. The first kappa shape index (κ1) is 20.0. The van der Waals surface area contributed by atoms with Crippen LogP contribution in [0.5, 0.6) is 0 Å². The molecule has 1 fully saturated rings. The zero-order valence-corrected chi connectivity index (χ0v) is 17.6. The van der Waals surface area contributed by atoms with E-state index in [1.807, 2.05) is 25.2 Å². The smallest absolute Gasteiger partial charge is 0.0408 e. The van der Waals surface area contributed by atoms with E-state index in [0.29, 0.717) is 12.0 Å². The molecular formula is C22H26ClN2O2S-. The maximum Gasteiger partial charge on any atom is 0.0408 e. The van der Waals surface area contributed by atoms with Gasteiger partial charge < -0.3 is 9.87 Å². The number of nitrogens with one attached hydrogen (secondary N) is 2. The van der Waals surface area contributed by atoms with Crippen molar-refractivity contribution in [3.63, 3.8) is 0 Å². The van der Waals surface area contributed by atoms with Gasteiger partial charge >= 0.3 is 0 Å². The SMILES string of the molecule is CNC1Cc2ccc(CC3(NS(=O)[O-])CCC3)cc2C1Cc1cccc(Cl)c1. The summed E-state index contributed by atoms with van der Waals surface area (Å²) >= 11 is 3.97. The van der Waals surface area contributed by atoms with Crippen LogP contribution in [0.3, 0.4) is 0 Å². The van der Waals surface area contributed by atoms with Crippen LogP contribution in [-0.4, -0.2) is 27.4 Å². The predicted molar refractivity (Wildman–Crippen MR) is 113 cm³/mol. The van der Waals surface area contributed by atoms with Crippen LogP contribution in [-0.2, 0) is 30.5 Å². The molecule has 2 N–H and O–H groups in total. The fraction of sp³-hybridized carbons (Fsp3) is 0.455. The van der Waals surface area contributed by atoms with Crippen molar-refractivity contribution in [2.45, 2.75) is 56.0 Å². The minimum absolute atomic E-state index is 0.301. The second-order valence-corrected chi connectivity index (χ2v) is 9.33. The normalized spacial score (nSPS) is 23.8. The molecule has 0 spiro atoms. The first-order valence-corrected chi connectivity index (χ1v) is 11.3. The van der Waals surface area contributed by atoms with Crippen molar-refractivity contribution in [2.24, 2.45) is 0 Å². The van der Waals surface area contributed by atoms with Gasteiger partial charge in [-0.25, -0.2) is 4.72 Å². The molecule has 0 radical (unpaired) electrons. The van der Waals surface area contributed by atoms with Crippen LogP contribution in [0.15, 0.2) is 42.5 Å². The molecular weight excluding hydrogens is 392 g/mol. The van der Waals surface area contributed by atoms with Gasteiger partial charge in [0, 0.05) is 33.8 Å². The molecule has 3 unspecified atom stereocenters. The van der Waals surface area contributed by atoms with E-state index in [1.165, 1.54) is 22.3 Å². The molecule has 4 nitrogen and oxygen atoms in total. The number of fused-ring (bicyclic) bond motifs is 1. The third-order valence-corrected chi connectivity index (χ3v) is 7.24. The van der Waals surface area contributed by atoms with Crippen LogP contribution < -0.4 is 10.0 Å². The average Bonchev–Trinajstić information content (AvgIpc) is 2.96. The highest BCUT2D eigenvalue weighted by molar-refractivity contribution is 7.77. The largest absolute Gasteiger partial charge is 0.760 e. The highest BCUT2D eigenvalue weighted by atomic mass is 35.5. The van der Waals surface area contributed by atoms with Gasteiger partial charge in [-0.2, -0.15) is 0 Å². The molecule has 0 saturated heterocycles. The molecule has 0 amide bonds. The molecule has 2 aromatic carbocycles. The summed E-state index contributed by atoms with van der Waals surface area (Å²) in [5.41, 5.74) is 4.93. The Balaban J connectivity index is 1.59. The summed E-state index contributed by atoms with van der Waals surface area (Å²) in [7, 11) is 2.03. The van der Waals surface area contributed by atoms with Crippen molar-refractivity contribution in [3.8, 4) is 0 Å². The Kier molecular flexibility index (Phi) is 5.91. The molecule has 0 bridgehead atoms. The summed E-state index contributed by atoms with van der Waals surface area (Å²) in [4.78, 5) is 0. The molecule has 6 heteroatoms. The highest BCUT2D eigenvalue weighted by Crippen LogP contribution is 2.39. The van der Waals surface area contributed by atoms with Gasteiger partial charge in [-0.05, 0) is 80.0 Å². The summed E-state index contributed by atoms with van der Waals surface area (Å²) in [6, 6.07) is 15.2. The van der Waals surface area contributed by atoms with Gasteiger partial charge in [0.15, 0.2) is 0 Å². The Bertz CT molecular complexity index is 885. The van der Waals surface area contributed by atoms with Gasteiger partial charge in [0.05, 0.1) is 0 Å². The van der Waals surface area contributed by atoms with Crippen molar-refractivity contribution in [2.75, 3.05) is 7.05 Å². The van der Waals surface area contributed by atoms with E-state index in [-0.39, 0.29) is 5.54 Å². The first-order chi connectivity index (χ1) is 13.5. The molecule has 0 heterocycles. The lowest BCUT2D eigenvalue weighted by molar-refractivity contribution is 0.218. The number of halogens is 1. The maximum absolute atomic E-state index is 11.2. The van der Waals surface area contributed by atoms with E-state index in [2.05, 4.69) is 34.3 Å². The number of hydrogen-bond donors (Lipinski definition) is 2. The third-order valence-electron chi connectivity index (χ3n) is 6.40. The Morgan fingerprint density at radius 1 is 1.21 bits per heavy atom. The van der Waals surface area contributed by atoms with E-state index >= 15 is 0 Å². The van der Waals surface area contributed by atoms with Crippen LogP contribution >= 0.6 is 11.6 Å². The lowest BCUT2D eigenvalue weighted by Gasteiger charge is -2.43. The number of hydrogen-bond acceptors (Lipinski definition) is 3. The van der Waals surface area contributed by atoms with E-state index in [4.69, 9.17) is 11.6 Å². The van der Waals surface area contributed by atoms with Crippen molar-refractivity contribution < 1.29 is 8.76 Å². The number of likely N-dealkylation sites (N-methyl/N-ethyl adjacent to an activating group) is 1. The number of rotatable bonds is 7. The van der Waals surface area contributed by atoms with E-state index in [0.717, 1.165) is 43.5 Å². The van der Waals surface area contributed by atoms with E-state index < -0.39 is 11.3 Å². The van der Waals surface area contributed by atoms with Gasteiger partial charge in [-0.3, -0.25) is 4.21 Å². The monoisotopic (exact) mass is 417 g/mol. The van der Waals surface area contributed by atoms with E-state index in [9.17, 15) is 8.76 Å². The van der Waals surface area contributed by atoms with Crippen LogP contribution in [0.25, 0.3) is 0 Å². The third kappa shape index (κ3) is 4.19. The number of benzene rings is 2. The van der Waals surface area contributed by atoms with E-state index in [1.54, 1.807) is 0 Å².